The van der Waals surface area contributed by atoms with Crippen molar-refractivity contribution in [3.63, 3.8) is 0 Å². The van der Waals surface area contributed by atoms with Gasteiger partial charge < -0.3 is 31.6 Å². The largest absolute Gasteiger partial charge is 0.466 e. The number of ether oxygens (including phenoxy) is 2. The second-order valence-corrected chi connectivity index (χ2v) is 10.5. The molecule has 4 fully saturated rings. The summed E-state index contributed by atoms with van der Waals surface area (Å²) in [7, 11) is 2.87. The molecule has 10 nitrogen and oxygen atoms in total. The summed E-state index contributed by atoms with van der Waals surface area (Å²) in [6.45, 7) is 2.81. The highest BCUT2D eigenvalue weighted by Crippen LogP contribution is 2.61. The molecule has 0 spiro atoms. The Bertz CT molecular complexity index is 935. The Morgan fingerprint density at radius 3 is 2.60 bits per heavy atom. The number of piperidine rings is 1. The third kappa shape index (κ3) is 4.40. The van der Waals surface area contributed by atoms with E-state index < -0.39 is 23.1 Å². The number of carbonyl (C=O) groups excluding carboxylic acids is 3. The molecule has 0 aromatic carbocycles. The number of aliphatic imine (C=N–C) groups is 1. The van der Waals surface area contributed by atoms with Crippen LogP contribution in [0.2, 0.25) is 0 Å². The van der Waals surface area contributed by atoms with E-state index in [1.165, 1.54) is 7.11 Å². The van der Waals surface area contributed by atoms with Crippen LogP contribution in [0.15, 0.2) is 16.6 Å². The molecule has 0 aromatic heterocycles. The Labute approximate surface area is 206 Å². The van der Waals surface area contributed by atoms with Crippen LogP contribution in [0.3, 0.4) is 0 Å². The lowest BCUT2D eigenvalue weighted by Gasteiger charge is -2.36. The van der Waals surface area contributed by atoms with E-state index in [2.05, 4.69) is 15.6 Å². The van der Waals surface area contributed by atoms with Crippen LogP contribution >= 0.6 is 0 Å². The first-order valence-electron chi connectivity index (χ1n) is 12.7. The van der Waals surface area contributed by atoms with Crippen LogP contribution in [0.25, 0.3) is 0 Å². The van der Waals surface area contributed by atoms with Gasteiger partial charge in [0.2, 0.25) is 0 Å². The van der Waals surface area contributed by atoms with Crippen molar-refractivity contribution in [2.45, 2.75) is 81.7 Å². The minimum atomic E-state index is -1.80. The number of nitrogens with two attached hydrogens (primary N) is 2. The Morgan fingerprint density at radius 1 is 1.29 bits per heavy atom. The summed E-state index contributed by atoms with van der Waals surface area (Å²) in [6.07, 6.45) is 7.49. The highest BCUT2D eigenvalue weighted by atomic mass is 16.7. The zero-order chi connectivity index (χ0) is 25.4. The third-order valence-electron chi connectivity index (χ3n) is 8.41. The van der Waals surface area contributed by atoms with E-state index >= 15 is 0 Å². The van der Waals surface area contributed by atoms with Gasteiger partial charge in [-0.15, -0.1) is 0 Å². The molecule has 194 valence electrons. The number of rotatable bonds is 7. The SMILES string of the molecule is CN=C(N)N[C@@H](CC(C)=CC[C@@]12O[C@]1(C(=O)OC)C(=O)C1CCCCC1C2=O)C1CCNC(N)C1. The molecule has 2 saturated carbocycles. The van der Waals surface area contributed by atoms with Crippen LogP contribution in [0.1, 0.15) is 58.3 Å². The smallest absolute Gasteiger partial charge is 0.349 e. The molecule has 0 radical (unpaired) electrons. The molecule has 2 aliphatic carbocycles. The topological polar surface area (TPSA) is 161 Å². The van der Waals surface area contributed by atoms with E-state index in [1.807, 2.05) is 13.0 Å². The van der Waals surface area contributed by atoms with E-state index in [-0.39, 0.29) is 36.1 Å². The number of ketones is 2. The van der Waals surface area contributed by atoms with E-state index in [4.69, 9.17) is 20.9 Å². The lowest BCUT2D eigenvalue weighted by atomic mass is 9.61. The van der Waals surface area contributed by atoms with Gasteiger partial charge in [0.15, 0.2) is 23.1 Å². The number of methoxy groups -OCH3 is 1. The van der Waals surface area contributed by atoms with Crippen molar-refractivity contribution in [2.24, 2.45) is 34.2 Å². The molecule has 0 aromatic rings. The molecule has 6 N–H and O–H groups in total. The Hall–Kier alpha value is -2.30. The molecule has 7 atom stereocenters. The van der Waals surface area contributed by atoms with Crippen molar-refractivity contribution >= 4 is 23.5 Å². The van der Waals surface area contributed by atoms with Gasteiger partial charge >= 0.3 is 5.97 Å². The summed E-state index contributed by atoms with van der Waals surface area (Å²) in [6, 6.07) is 0.0116. The predicted octanol–water partition coefficient (Wildman–Crippen LogP) is 0.539. The van der Waals surface area contributed by atoms with Gasteiger partial charge in [-0.2, -0.15) is 0 Å². The molecule has 4 unspecified atom stereocenters. The van der Waals surface area contributed by atoms with Crippen molar-refractivity contribution < 1.29 is 23.9 Å². The van der Waals surface area contributed by atoms with Gasteiger partial charge in [-0.3, -0.25) is 14.6 Å². The number of hydrogen-bond donors (Lipinski definition) is 4. The highest BCUT2D eigenvalue weighted by Gasteiger charge is 2.86. The minimum absolute atomic E-state index is 0.0116. The maximum absolute atomic E-state index is 13.6. The number of carbonyl (C=O) groups is 3. The summed E-state index contributed by atoms with van der Waals surface area (Å²) in [5.41, 5.74) is 9.87. The Morgan fingerprint density at radius 2 is 1.97 bits per heavy atom. The minimum Gasteiger partial charge on any atom is -0.466 e. The fourth-order valence-corrected chi connectivity index (χ4v) is 6.45. The second kappa shape index (κ2) is 9.99. The zero-order valence-corrected chi connectivity index (χ0v) is 21.0. The first kappa shape index (κ1) is 25.8. The van der Waals surface area contributed by atoms with Gasteiger partial charge in [-0.05, 0) is 51.5 Å². The monoisotopic (exact) mass is 489 g/mol. The van der Waals surface area contributed by atoms with Gasteiger partial charge in [0.1, 0.15) is 0 Å². The van der Waals surface area contributed by atoms with Crippen molar-refractivity contribution in [3.05, 3.63) is 11.6 Å². The molecule has 0 bridgehead atoms. The van der Waals surface area contributed by atoms with Gasteiger partial charge in [0.25, 0.3) is 5.60 Å². The predicted molar refractivity (Wildman–Crippen MR) is 130 cm³/mol. The fourth-order valence-electron chi connectivity index (χ4n) is 6.45. The third-order valence-corrected chi connectivity index (χ3v) is 8.41. The highest BCUT2D eigenvalue weighted by molar-refractivity contribution is 6.23. The Balaban J connectivity index is 1.55. The molecule has 2 saturated heterocycles. The van der Waals surface area contributed by atoms with Crippen LogP contribution in [-0.4, -0.2) is 67.6 Å². The lowest BCUT2D eigenvalue weighted by molar-refractivity contribution is -0.156. The second-order valence-electron chi connectivity index (χ2n) is 10.5. The molecule has 4 aliphatic rings. The summed E-state index contributed by atoms with van der Waals surface area (Å²) >= 11 is 0. The van der Waals surface area contributed by atoms with E-state index in [0.29, 0.717) is 31.1 Å². The summed E-state index contributed by atoms with van der Waals surface area (Å²) in [4.78, 5) is 43.9. The summed E-state index contributed by atoms with van der Waals surface area (Å²) < 4.78 is 10.9. The van der Waals surface area contributed by atoms with E-state index in [9.17, 15) is 14.4 Å². The number of hydrogen-bond acceptors (Lipinski definition) is 8. The number of esters is 1. The molecule has 4 rings (SSSR count). The van der Waals surface area contributed by atoms with Crippen molar-refractivity contribution in [1.82, 2.24) is 10.6 Å². The first-order valence-corrected chi connectivity index (χ1v) is 12.7. The molecule has 2 aliphatic heterocycles. The van der Waals surface area contributed by atoms with E-state index in [0.717, 1.165) is 37.8 Å². The normalized spacial score (nSPS) is 38.3. The average molecular weight is 490 g/mol. The lowest BCUT2D eigenvalue weighted by Crippen LogP contribution is -2.58. The zero-order valence-electron chi connectivity index (χ0n) is 21.0. The van der Waals surface area contributed by atoms with Gasteiger partial charge in [0, 0.05) is 31.3 Å². The van der Waals surface area contributed by atoms with Crippen LogP contribution in [0.5, 0.6) is 0 Å². The Kier molecular flexibility index (Phi) is 7.36. The number of nitrogens with one attached hydrogen (secondary N) is 2. The molecule has 2 heterocycles. The standard InChI is InChI=1S/C25H39N5O5/c1-14(12-18(30-23(27)28-2)15-9-11-29-19(26)13-15)8-10-24-20(31)16-6-4-5-7-17(16)21(32)25(24,35-24)22(33)34-3/h8,15-19,29H,4-7,9-13,26H2,1-3H3,(H3,27,28,30)/t15?,16?,17?,18-,19?,24-,25-/m0/s1. The fraction of sp³-hybridized carbons (Fsp3) is 0.760. The van der Waals surface area contributed by atoms with Crippen molar-refractivity contribution in [1.29, 1.82) is 0 Å². The molecule has 35 heavy (non-hydrogen) atoms. The van der Waals surface area contributed by atoms with E-state index in [1.54, 1.807) is 7.05 Å². The average Bonchev–Trinajstić information content (AvgIpc) is 3.57. The molecular formula is C25H39N5O5. The van der Waals surface area contributed by atoms with Crippen molar-refractivity contribution in [2.75, 3.05) is 20.7 Å². The quantitative estimate of drug-likeness (QED) is 0.0998. The van der Waals surface area contributed by atoms with Crippen LogP contribution in [0, 0.1) is 17.8 Å². The maximum atomic E-state index is 13.6. The van der Waals surface area contributed by atoms with Crippen LogP contribution in [-0.2, 0) is 23.9 Å². The van der Waals surface area contributed by atoms with Crippen molar-refractivity contribution in [3.8, 4) is 0 Å². The number of nitrogens with zero attached hydrogens (tertiary/aromatic N) is 1. The molecule has 0 amide bonds. The van der Waals surface area contributed by atoms with Gasteiger partial charge in [0.05, 0.1) is 13.3 Å². The summed E-state index contributed by atoms with van der Waals surface area (Å²) in [5, 5.41) is 6.57. The number of guanidine groups is 1. The van der Waals surface area contributed by atoms with Gasteiger partial charge in [-0.1, -0.05) is 24.5 Å². The number of epoxide rings is 1. The van der Waals surface area contributed by atoms with Gasteiger partial charge in [-0.25, -0.2) is 4.79 Å². The number of Topliss-reactive ketones (excluding diaryl/α,β-unsaturated/α-hetero) is 2. The van der Waals surface area contributed by atoms with Crippen LogP contribution in [0.4, 0.5) is 0 Å². The summed E-state index contributed by atoms with van der Waals surface area (Å²) in [5.74, 6) is -1.35. The molecular weight excluding hydrogens is 450 g/mol. The first-order chi connectivity index (χ1) is 16.7. The molecule has 10 heteroatoms. The maximum Gasteiger partial charge on any atom is 0.349 e. The van der Waals surface area contributed by atoms with Crippen LogP contribution < -0.4 is 22.1 Å². The number of fused-ring (bicyclic) bond motifs is 2.